The SMILES string of the molecule is Cc1cc(C(=O)NCCc2cccc(Oc3ccnc(C(N)=O)c3)c2)c(C)o1. The van der Waals surface area contributed by atoms with Gasteiger partial charge in [0.05, 0.1) is 5.56 Å². The summed E-state index contributed by atoms with van der Waals surface area (Å²) in [6, 6.07) is 12.4. The molecule has 3 rings (SSSR count). The van der Waals surface area contributed by atoms with E-state index in [4.69, 9.17) is 14.9 Å². The maximum Gasteiger partial charge on any atom is 0.267 e. The van der Waals surface area contributed by atoms with Crippen LogP contribution in [0.25, 0.3) is 0 Å². The predicted molar refractivity (Wildman–Crippen MR) is 103 cm³/mol. The molecule has 1 aromatic carbocycles. The molecule has 144 valence electrons. The van der Waals surface area contributed by atoms with Gasteiger partial charge in [-0.15, -0.1) is 0 Å². The number of hydrogen-bond acceptors (Lipinski definition) is 5. The summed E-state index contributed by atoms with van der Waals surface area (Å²) in [6.07, 6.45) is 2.11. The van der Waals surface area contributed by atoms with Crippen molar-refractivity contribution in [3.8, 4) is 11.5 Å². The molecule has 2 amide bonds. The Bertz CT molecular complexity index is 1010. The molecule has 7 nitrogen and oxygen atoms in total. The summed E-state index contributed by atoms with van der Waals surface area (Å²) in [6.45, 7) is 4.06. The van der Waals surface area contributed by atoms with Crippen LogP contribution >= 0.6 is 0 Å². The van der Waals surface area contributed by atoms with Gasteiger partial charge in [0.25, 0.3) is 11.8 Å². The van der Waals surface area contributed by atoms with E-state index in [9.17, 15) is 9.59 Å². The van der Waals surface area contributed by atoms with E-state index in [2.05, 4.69) is 10.3 Å². The molecule has 0 saturated heterocycles. The lowest BCUT2D eigenvalue weighted by atomic mass is 10.1. The zero-order valence-corrected chi connectivity index (χ0v) is 15.7. The van der Waals surface area contributed by atoms with Crippen molar-refractivity contribution in [1.29, 1.82) is 0 Å². The van der Waals surface area contributed by atoms with E-state index in [0.717, 1.165) is 5.56 Å². The summed E-state index contributed by atoms with van der Waals surface area (Å²) in [5.74, 6) is 1.64. The maximum absolute atomic E-state index is 12.2. The lowest BCUT2D eigenvalue weighted by Crippen LogP contribution is -2.25. The fourth-order valence-electron chi connectivity index (χ4n) is 2.78. The van der Waals surface area contributed by atoms with Gasteiger partial charge < -0.3 is 20.2 Å². The average Bonchev–Trinajstić information content (AvgIpc) is 3.00. The molecular formula is C21H21N3O4. The number of pyridine rings is 1. The summed E-state index contributed by atoms with van der Waals surface area (Å²) < 4.78 is 11.2. The number of rotatable bonds is 7. The predicted octanol–water partition coefficient (Wildman–Crippen LogP) is 3.16. The third-order valence-electron chi connectivity index (χ3n) is 4.10. The van der Waals surface area contributed by atoms with Crippen LogP contribution in [0.3, 0.4) is 0 Å². The highest BCUT2D eigenvalue weighted by atomic mass is 16.5. The van der Waals surface area contributed by atoms with E-state index in [1.165, 1.54) is 12.3 Å². The molecule has 2 aromatic heterocycles. The molecule has 28 heavy (non-hydrogen) atoms. The van der Waals surface area contributed by atoms with Crippen LogP contribution in [0.5, 0.6) is 11.5 Å². The molecule has 0 aliphatic rings. The number of benzene rings is 1. The molecule has 0 fully saturated rings. The van der Waals surface area contributed by atoms with Gasteiger partial charge in [-0.05, 0) is 50.1 Å². The molecule has 0 radical (unpaired) electrons. The Morgan fingerprint density at radius 3 is 2.64 bits per heavy atom. The van der Waals surface area contributed by atoms with Crippen molar-refractivity contribution in [2.45, 2.75) is 20.3 Å². The molecule has 2 heterocycles. The standard InChI is InChI=1S/C21H21N3O4/c1-13-10-18(14(2)27-13)21(26)24-8-6-15-4-3-5-16(11-15)28-17-7-9-23-19(12-17)20(22)25/h3-5,7,9-12H,6,8H2,1-2H3,(H2,22,25)(H,24,26). The van der Waals surface area contributed by atoms with Gasteiger partial charge in [-0.25, -0.2) is 0 Å². The Morgan fingerprint density at radius 1 is 1.14 bits per heavy atom. The van der Waals surface area contributed by atoms with Gasteiger partial charge in [0.2, 0.25) is 0 Å². The van der Waals surface area contributed by atoms with Crippen LogP contribution in [0.15, 0.2) is 53.1 Å². The van der Waals surface area contributed by atoms with Crippen molar-refractivity contribution in [3.63, 3.8) is 0 Å². The van der Waals surface area contributed by atoms with E-state index < -0.39 is 5.91 Å². The van der Waals surface area contributed by atoms with Gasteiger partial charge >= 0.3 is 0 Å². The van der Waals surface area contributed by atoms with Gasteiger partial charge in [0.1, 0.15) is 28.7 Å². The summed E-state index contributed by atoms with van der Waals surface area (Å²) in [5, 5.41) is 2.89. The van der Waals surface area contributed by atoms with Crippen LogP contribution in [0.1, 0.15) is 37.9 Å². The number of furan rings is 1. The monoisotopic (exact) mass is 379 g/mol. The van der Waals surface area contributed by atoms with Crippen LogP contribution < -0.4 is 15.8 Å². The molecule has 0 aliphatic heterocycles. The van der Waals surface area contributed by atoms with Crippen LogP contribution in [-0.4, -0.2) is 23.3 Å². The first-order chi connectivity index (χ1) is 13.4. The molecule has 0 unspecified atom stereocenters. The number of amides is 2. The molecule has 0 spiro atoms. The minimum absolute atomic E-state index is 0.140. The first kappa shape index (κ1) is 19.2. The summed E-state index contributed by atoms with van der Waals surface area (Å²) in [7, 11) is 0. The number of nitrogens with zero attached hydrogens (tertiary/aromatic N) is 1. The zero-order chi connectivity index (χ0) is 20.1. The van der Waals surface area contributed by atoms with Crippen LogP contribution in [0.2, 0.25) is 0 Å². The topological polar surface area (TPSA) is 107 Å². The van der Waals surface area contributed by atoms with Gasteiger partial charge in [-0.1, -0.05) is 12.1 Å². The minimum atomic E-state index is -0.613. The summed E-state index contributed by atoms with van der Waals surface area (Å²) in [4.78, 5) is 27.3. The van der Waals surface area contributed by atoms with Gasteiger partial charge in [0, 0.05) is 18.8 Å². The van der Waals surface area contributed by atoms with Crippen molar-refractivity contribution in [2.24, 2.45) is 5.73 Å². The molecule has 7 heteroatoms. The molecular weight excluding hydrogens is 358 g/mol. The normalized spacial score (nSPS) is 10.5. The molecule has 0 saturated carbocycles. The highest BCUT2D eigenvalue weighted by Crippen LogP contribution is 2.22. The molecule has 0 aliphatic carbocycles. The Balaban J connectivity index is 1.59. The van der Waals surface area contributed by atoms with Crippen molar-refractivity contribution >= 4 is 11.8 Å². The fraction of sp³-hybridized carbons (Fsp3) is 0.190. The molecule has 0 atom stereocenters. The second-order valence-corrected chi connectivity index (χ2v) is 6.32. The quantitative estimate of drug-likeness (QED) is 0.656. The van der Waals surface area contributed by atoms with Crippen LogP contribution in [0.4, 0.5) is 0 Å². The Hall–Kier alpha value is -3.61. The third kappa shape index (κ3) is 4.76. The van der Waals surface area contributed by atoms with Crippen molar-refractivity contribution in [2.75, 3.05) is 6.54 Å². The lowest BCUT2D eigenvalue weighted by Gasteiger charge is -2.09. The third-order valence-corrected chi connectivity index (χ3v) is 4.10. The van der Waals surface area contributed by atoms with Gasteiger partial charge in [0.15, 0.2) is 0 Å². The number of primary amides is 1. The Labute approximate surface area is 162 Å². The van der Waals surface area contributed by atoms with Gasteiger partial charge in [-0.2, -0.15) is 0 Å². The molecule has 0 bridgehead atoms. The highest BCUT2D eigenvalue weighted by molar-refractivity contribution is 5.95. The van der Waals surface area contributed by atoms with E-state index in [1.807, 2.05) is 31.2 Å². The number of nitrogens with two attached hydrogens (primary N) is 1. The van der Waals surface area contributed by atoms with E-state index in [1.54, 1.807) is 19.1 Å². The smallest absolute Gasteiger partial charge is 0.267 e. The van der Waals surface area contributed by atoms with Gasteiger partial charge in [-0.3, -0.25) is 14.6 Å². The highest BCUT2D eigenvalue weighted by Gasteiger charge is 2.12. The van der Waals surface area contributed by atoms with E-state index in [0.29, 0.717) is 41.5 Å². The maximum atomic E-state index is 12.2. The Kier molecular flexibility index (Phi) is 5.74. The van der Waals surface area contributed by atoms with Crippen molar-refractivity contribution in [1.82, 2.24) is 10.3 Å². The molecule has 3 N–H and O–H groups in total. The summed E-state index contributed by atoms with van der Waals surface area (Å²) >= 11 is 0. The lowest BCUT2D eigenvalue weighted by molar-refractivity contribution is 0.0951. The number of carbonyl (C=O) groups excluding carboxylic acids is 2. The van der Waals surface area contributed by atoms with Crippen molar-refractivity contribution in [3.05, 3.63) is 77.0 Å². The fourth-order valence-corrected chi connectivity index (χ4v) is 2.78. The second kappa shape index (κ2) is 8.39. The van der Waals surface area contributed by atoms with Crippen molar-refractivity contribution < 1.29 is 18.7 Å². The average molecular weight is 379 g/mol. The first-order valence-corrected chi connectivity index (χ1v) is 8.80. The van der Waals surface area contributed by atoms with Crippen LogP contribution in [-0.2, 0) is 6.42 Å². The number of carbonyl (C=O) groups is 2. The number of hydrogen-bond donors (Lipinski definition) is 2. The largest absolute Gasteiger partial charge is 0.466 e. The summed E-state index contributed by atoms with van der Waals surface area (Å²) in [5.41, 5.74) is 6.93. The van der Waals surface area contributed by atoms with Crippen LogP contribution in [0, 0.1) is 13.8 Å². The zero-order valence-electron chi connectivity index (χ0n) is 15.7. The Morgan fingerprint density at radius 2 is 1.93 bits per heavy atom. The van der Waals surface area contributed by atoms with E-state index in [-0.39, 0.29) is 11.6 Å². The number of aryl methyl sites for hydroxylation is 2. The second-order valence-electron chi connectivity index (χ2n) is 6.32. The number of nitrogens with one attached hydrogen (secondary N) is 1. The first-order valence-electron chi connectivity index (χ1n) is 8.80. The molecule has 3 aromatic rings. The van der Waals surface area contributed by atoms with E-state index >= 15 is 0 Å². The number of ether oxygens (including phenoxy) is 1. The number of aromatic nitrogens is 1. The minimum Gasteiger partial charge on any atom is -0.466 e.